The molecule has 0 bridgehead atoms. The molecule has 6 heteroatoms. The fourth-order valence-corrected chi connectivity index (χ4v) is 2.20. The van der Waals surface area contributed by atoms with Crippen molar-refractivity contribution in [2.24, 2.45) is 11.1 Å². The normalized spacial score (nSPS) is 14.0. The maximum absolute atomic E-state index is 12.1. The summed E-state index contributed by atoms with van der Waals surface area (Å²) in [5.74, 6) is 0.214. The second-order valence-corrected chi connectivity index (χ2v) is 7.25. The molecular weight excluding hydrogens is 318 g/mol. The molecule has 0 saturated carbocycles. The summed E-state index contributed by atoms with van der Waals surface area (Å²) >= 11 is 0. The molecule has 138 valence electrons. The molecular formula is C19H29N3O3. The Balaban J connectivity index is 2.72. The van der Waals surface area contributed by atoms with Gasteiger partial charge >= 0.3 is 0 Å². The highest BCUT2D eigenvalue weighted by molar-refractivity contribution is 5.99. The fourth-order valence-electron chi connectivity index (χ4n) is 2.20. The van der Waals surface area contributed by atoms with Gasteiger partial charge in [-0.2, -0.15) is 0 Å². The number of hydrogen-bond donors (Lipinski definition) is 3. The Kier molecular flexibility index (Phi) is 7.64. The summed E-state index contributed by atoms with van der Waals surface area (Å²) in [4.78, 5) is 23.9. The summed E-state index contributed by atoms with van der Waals surface area (Å²) in [7, 11) is 1.59. The lowest BCUT2D eigenvalue weighted by Crippen LogP contribution is -2.44. The first-order valence-corrected chi connectivity index (χ1v) is 8.30. The van der Waals surface area contributed by atoms with Gasteiger partial charge < -0.3 is 21.1 Å². The van der Waals surface area contributed by atoms with Gasteiger partial charge in [0.15, 0.2) is 0 Å². The van der Waals surface area contributed by atoms with Crippen LogP contribution in [-0.4, -0.2) is 31.0 Å². The van der Waals surface area contributed by atoms with Gasteiger partial charge in [0.25, 0.3) is 0 Å². The van der Waals surface area contributed by atoms with E-state index in [0.29, 0.717) is 12.1 Å². The summed E-state index contributed by atoms with van der Waals surface area (Å²) in [5.41, 5.74) is 6.27. The Bertz CT molecular complexity index is 601. The first-order chi connectivity index (χ1) is 11.6. The van der Waals surface area contributed by atoms with Crippen LogP contribution in [0, 0.1) is 5.41 Å². The van der Waals surface area contributed by atoms with Gasteiger partial charge in [-0.15, -0.1) is 0 Å². The number of ether oxygens (including phenoxy) is 1. The highest BCUT2D eigenvalue weighted by Crippen LogP contribution is 2.21. The minimum Gasteiger partial charge on any atom is -0.497 e. The maximum atomic E-state index is 12.1. The number of nitrogens with one attached hydrogen (secondary N) is 2. The van der Waals surface area contributed by atoms with Gasteiger partial charge in [-0.25, -0.2) is 0 Å². The van der Waals surface area contributed by atoms with E-state index in [-0.39, 0.29) is 23.3 Å². The lowest BCUT2D eigenvalue weighted by atomic mass is 9.88. The van der Waals surface area contributed by atoms with E-state index in [1.54, 1.807) is 44.4 Å². The van der Waals surface area contributed by atoms with Crippen LogP contribution in [-0.2, 0) is 9.59 Å². The number of anilines is 1. The number of benzene rings is 1. The standard InChI is InChI=1S/C19H29N3O3/c1-13(20)18(24)22-15(12-19(2,3)4)8-11-17(23)21-14-6-9-16(25-5)10-7-14/h6-11,13,15H,12,20H2,1-5H3,(H,21,23)(H,22,24)/b11-8+/t13-,15+/m0/s1. The first-order valence-electron chi connectivity index (χ1n) is 8.30. The molecule has 0 fully saturated rings. The van der Waals surface area contributed by atoms with Gasteiger partial charge in [-0.1, -0.05) is 26.8 Å². The van der Waals surface area contributed by atoms with Crippen molar-refractivity contribution in [3.63, 3.8) is 0 Å². The summed E-state index contributed by atoms with van der Waals surface area (Å²) in [6.07, 6.45) is 3.82. The summed E-state index contributed by atoms with van der Waals surface area (Å²) < 4.78 is 5.08. The summed E-state index contributed by atoms with van der Waals surface area (Å²) in [6, 6.07) is 6.20. The highest BCUT2D eigenvalue weighted by Gasteiger charge is 2.20. The molecule has 0 spiro atoms. The third-order valence-electron chi connectivity index (χ3n) is 3.41. The molecule has 0 heterocycles. The van der Waals surface area contributed by atoms with E-state index < -0.39 is 6.04 Å². The van der Waals surface area contributed by atoms with Crippen molar-refractivity contribution in [3.05, 3.63) is 36.4 Å². The zero-order chi connectivity index (χ0) is 19.0. The first kappa shape index (κ1) is 20.7. The van der Waals surface area contributed by atoms with Gasteiger partial charge in [0.2, 0.25) is 11.8 Å². The lowest BCUT2D eigenvalue weighted by molar-refractivity contribution is -0.122. The Hall–Kier alpha value is -2.34. The Morgan fingerprint density at radius 2 is 1.84 bits per heavy atom. The van der Waals surface area contributed by atoms with Crippen LogP contribution in [0.15, 0.2) is 36.4 Å². The summed E-state index contributed by atoms with van der Waals surface area (Å²) in [5, 5.41) is 5.63. The monoisotopic (exact) mass is 347 g/mol. The predicted molar refractivity (Wildman–Crippen MR) is 100 cm³/mol. The SMILES string of the molecule is COc1ccc(NC(=O)/C=C/[C@H](CC(C)(C)C)NC(=O)[C@H](C)N)cc1. The Labute approximate surface area is 149 Å². The number of nitrogens with two attached hydrogens (primary N) is 1. The average molecular weight is 347 g/mol. The molecule has 4 N–H and O–H groups in total. The Morgan fingerprint density at radius 3 is 2.32 bits per heavy atom. The van der Waals surface area contributed by atoms with E-state index >= 15 is 0 Å². The second-order valence-electron chi connectivity index (χ2n) is 7.25. The van der Waals surface area contributed by atoms with Gasteiger partial charge in [0.05, 0.1) is 13.2 Å². The number of amides is 2. The van der Waals surface area contributed by atoms with Crippen molar-refractivity contribution in [2.45, 2.75) is 46.2 Å². The van der Waals surface area contributed by atoms with E-state index in [4.69, 9.17) is 10.5 Å². The quantitative estimate of drug-likeness (QED) is 0.661. The van der Waals surface area contributed by atoms with E-state index in [9.17, 15) is 9.59 Å². The zero-order valence-corrected chi connectivity index (χ0v) is 15.6. The van der Waals surface area contributed by atoms with Crippen molar-refractivity contribution in [3.8, 4) is 5.75 Å². The fraction of sp³-hybridized carbons (Fsp3) is 0.474. The molecule has 1 aromatic rings. The molecule has 0 aliphatic carbocycles. The molecule has 0 unspecified atom stereocenters. The number of carbonyl (C=O) groups is 2. The molecule has 2 amide bonds. The molecule has 6 nitrogen and oxygen atoms in total. The number of methoxy groups -OCH3 is 1. The Morgan fingerprint density at radius 1 is 1.24 bits per heavy atom. The molecule has 1 rings (SSSR count). The van der Waals surface area contributed by atoms with Crippen LogP contribution < -0.4 is 21.1 Å². The van der Waals surface area contributed by atoms with E-state index in [1.165, 1.54) is 6.08 Å². The van der Waals surface area contributed by atoms with E-state index in [1.807, 2.05) is 0 Å². The van der Waals surface area contributed by atoms with Crippen LogP contribution in [0.3, 0.4) is 0 Å². The smallest absolute Gasteiger partial charge is 0.248 e. The highest BCUT2D eigenvalue weighted by atomic mass is 16.5. The molecule has 1 aromatic carbocycles. The average Bonchev–Trinajstić information content (AvgIpc) is 2.51. The van der Waals surface area contributed by atoms with E-state index in [2.05, 4.69) is 31.4 Å². The van der Waals surface area contributed by atoms with Gasteiger partial charge in [0.1, 0.15) is 5.75 Å². The third kappa shape index (κ3) is 8.35. The number of hydrogen-bond acceptors (Lipinski definition) is 4. The maximum Gasteiger partial charge on any atom is 0.248 e. The number of carbonyl (C=O) groups excluding carboxylic acids is 2. The minimum atomic E-state index is -0.594. The lowest BCUT2D eigenvalue weighted by Gasteiger charge is -2.25. The van der Waals surface area contributed by atoms with Gasteiger partial charge in [-0.05, 0) is 43.0 Å². The van der Waals surface area contributed by atoms with Crippen LogP contribution in [0.25, 0.3) is 0 Å². The summed E-state index contributed by atoms with van der Waals surface area (Å²) in [6.45, 7) is 7.85. The van der Waals surface area contributed by atoms with Crippen molar-refractivity contribution >= 4 is 17.5 Å². The van der Waals surface area contributed by atoms with Crippen molar-refractivity contribution in [1.82, 2.24) is 5.32 Å². The van der Waals surface area contributed by atoms with Crippen LogP contribution in [0.2, 0.25) is 0 Å². The van der Waals surface area contributed by atoms with Gasteiger partial charge in [-0.3, -0.25) is 9.59 Å². The molecule has 0 aliphatic rings. The molecule has 2 atom stereocenters. The molecule has 0 aromatic heterocycles. The van der Waals surface area contributed by atoms with Crippen LogP contribution in [0.5, 0.6) is 5.75 Å². The minimum absolute atomic E-state index is 0.00736. The van der Waals surface area contributed by atoms with Crippen molar-refractivity contribution in [2.75, 3.05) is 12.4 Å². The zero-order valence-electron chi connectivity index (χ0n) is 15.6. The van der Waals surface area contributed by atoms with Crippen LogP contribution in [0.4, 0.5) is 5.69 Å². The largest absolute Gasteiger partial charge is 0.497 e. The molecule has 25 heavy (non-hydrogen) atoms. The van der Waals surface area contributed by atoms with Crippen molar-refractivity contribution < 1.29 is 14.3 Å². The van der Waals surface area contributed by atoms with E-state index in [0.717, 1.165) is 5.75 Å². The van der Waals surface area contributed by atoms with Crippen molar-refractivity contribution in [1.29, 1.82) is 0 Å². The second kappa shape index (κ2) is 9.22. The van der Waals surface area contributed by atoms with Crippen LogP contribution in [0.1, 0.15) is 34.1 Å². The predicted octanol–water partition coefficient (Wildman–Crippen LogP) is 2.46. The van der Waals surface area contributed by atoms with Gasteiger partial charge in [0, 0.05) is 17.8 Å². The third-order valence-corrected chi connectivity index (χ3v) is 3.41. The molecule has 0 radical (unpaired) electrons. The number of rotatable bonds is 7. The molecule has 0 aliphatic heterocycles. The van der Waals surface area contributed by atoms with Crippen LogP contribution >= 0.6 is 0 Å². The molecule has 0 saturated heterocycles. The topological polar surface area (TPSA) is 93.5 Å².